The molecule has 1 aliphatic rings. The monoisotopic (exact) mass is 242 g/mol. The van der Waals surface area contributed by atoms with Gasteiger partial charge in [0.05, 0.1) is 6.04 Å². The maximum Gasteiger partial charge on any atom is 0.234 e. The summed E-state index contributed by atoms with van der Waals surface area (Å²) in [5, 5.41) is 14.7. The molecule has 6 N–H and O–H groups in total. The van der Waals surface area contributed by atoms with Crippen LogP contribution in [0.4, 0.5) is 0 Å². The number of amidine groups is 1. The molecule has 0 radical (unpaired) electrons. The molecule has 1 saturated carbocycles. The minimum Gasteiger partial charge on any atom is -0.409 e. The molecule has 6 heteroatoms. The normalized spacial score (nSPS) is 20.3. The number of carbonyl (C=O) groups excluding carboxylic acids is 1. The van der Waals surface area contributed by atoms with E-state index in [1.54, 1.807) is 0 Å². The largest absolute Gasteiger partial charge is 0.409 e. The number of rotatable bonds is 7. The summed E-state index contributed by atoms with van der Waals surface area (Å²) >= 11 is 0. The molecule has 0 aromatic heterocycles. The van der Waals surface area contributed by atoms with Crippen LogP contribution in [0.25, 0.3) is 0 Å². The summed E-state index contributed by atoms with van der Waals surface area (Å²) in [5.41, 5.74) is 10.9. The molecule has 98 valence electrons. The Labute approximate surface area is 101 Å². The van der Waals surface area contributed by atoms with Gasteiger partial charge in [-0.1, -0.05) is 19.0 Å². The van der Waals surface area contributed by atoms with E-state index in [4.69, 9.17) is 16.7 Å². The van der Waals surface area contributed by atoms with Crippen LogP contribution >= 0.6 is 0 Å². The van der Waals surface area contributed by atoms with Gasteiger partial charge in [-0.15, -0.1) is 0 Å². The Morgan fingerprint density at radius 2 is 2.06 bits per heavy atom. The SMILES string of the molecule is CC(C)C(NCC1(CC(N)=NO)CC1)C(N)=O. The van der Waals surface area contributed by atoms with Gasteiger partial charge in [0, 0.05) is 13.0 Å². The number of primary amides is 1. The first-order valence-corrected chi connectivity index (χ1v) is 5.89. The lowest BCUT2D eigenvalue weighted by atomic mass is 9.98. The number of oxime groups is 1. The topological polar surface area (TPSA) is 114 Å². The predicted octanol–water partition coefficient (Wildman–Crippen LogP) is 0.00260. The van der Waals surface area contributed by atoms with Crippen LogP contribution in [0.5, 0.6) is 0 Å². The van der Waals surface area contributed by atoms with Crippen LogP contribution in [0, 0.1) is 11.3 Å². The van der Waals surface area contributed by atoms with Gasteiger partial charge in [-0.05, 0) is 24.2 Å². The number of carbonyl (C=O) groups is 1. The van der Waals surface area contributed by atoms with Crippen LogP contribution in [0.2, 0.25) is 0 Å². The molecule has 0 heterocycles. The second-order valence-electron chi connectivity index (χ2n) is 5.27. The Balaban J connectivity index is 2.46. The van der Waals surface area contributed by atoms with Crippen molar-refractivity contribution >= 4 is 11.7 Å². The first-order chi connectivity index (χ1) is 7.90. The van der Waals surface area contributed by atoms with E-state index in [0.717, 1.165) is 12.8 Å². The highest BCUT2D eigenvalue weighted by atomic mass is 16.4. The summed E-state index contributed by atoms with van der Waals surface area (Å²) in [6, 6.07) is -0.320. The third-order valence-corrected chi connectivity index (χ3v) is 3.31. The molecule has 1 atom stereocenters. The zero-order valence-corrected chi connectivity index (χ0v) is 10.4. The second kappa shape index (κ2) is 5.35. The van der Waals surface area contributed by atoms with Crippen molar-refractivity contribution in [3.05, 3.63) is 0 Å². The summed E-state index contributed by atoms with van der Waals surface area (Å²) in [5.74, 6) is 0.0659. The van der Waals surface area contributed by atoms with Crippen LogP contribution in [0.1, 0.15) is 33.1 Å². The summed E-state index contributed by atoms with van der Waals surface area (Å²) in [6.07, 6.45) is 2.61. The van der Waals surface area contributed by atoms with E-state index in [1.165, 1.54) is 0 Å². The molecule has 1 aliphatic carbocycles. The summed E-state index contributed by atoms with van der Waals surface area (Å²) in [4.78, 5) is 11.2. The van der Waals surface area contributed by atoms with Crippen LogP contribution in [0.3, 0.4) is 0 Å². The molecule has 1 amide bonds. The summed E-state index contributed by atoms with van der Waals surface area (Å²) < 4.78 is 0. The predicted molar refractivity (Wildman–Crippen MR) is 65.5 cm³/mol. The lowest BCUT2D eigenvalue weighted by Gasteiger charge is -2.22. The number of nitrogens with one attached hydrogen (secondary N) is 1. The molecule has 0 aromatic carbocycles. The molecule has 1 unspecified atom stereocenters. The minimum absolute atomic E-state index is 0.0406. The van der Waals surface area contributed by atoms with Gasteiger partial charge in [0.1, 0.15) is 5.84 Å². The second-order valence-corrected chi connectivity index (χ2v) is 5.27. The third kappa shape index (κ3) is 3.89. The zero-order chi connectivity index (χ0) is 13.1. The van der Waals surface area contributed by atoms with Gasteiger partial charge in [0.2, 0.25) is 5.91 Å². The van der Waals surface area contributed by atoms with Crippen molar-refractivity contribution in [1.29, 1.82) is 0 Å². The van der Waals surface area contributed by atoms with Gasteiger partial charge in [-0.3, -0.25) is 4.79 Å². The molecule has 0 bridgehead atoms. The van der Waals surface area contributed by atoms with Gasteiger partial charge in [0.15, 0.2) is 0 Å². The van der Waals surface area contributed by atoms with E-state index >= 15 is 0 Å². The quantitative estimate of drug-likeness (QED) is 0.218. The van der Waals surface area contributed by atoms with Gasteiger partial charge < -0.3 is 22.0 Å². The maximum absolute atomic E-state index is 11.2. The minimum atomic E-state index is -0.334. The van der Waals surface area contributed by atoms with Crippen molar-refractivity contribution in [3.8, 4) is 0 Å². The number of hydrogen-bond acceptors (Lipinski definition) is 4. The highest BCUT2D eigenvalue weighted by Crippen LogP contribution is 2.48. The van der Waals surface area contributed by atoms with Crippen molar-refractivity contribution in [1.82, 2.24) is 5.32 Å². The maximum atomic E-state index is 11.2. The van der Waals surface area contributed by atoms with E-state index in [-0.39, 0.29) is 29.1 Å². The van der Waals surface area contributed by atoms with Crippen molar-refractivity contribution in [2.24, 2.45) is 28.0 Å². The van der Waals surface area contributed by atoms with Gasteiger partial charge in [0.25, 0.3) is 0 Å². The van der Waals surface area contributed by atoms with E-state index < -0.39 is 0 Å². The fourth-order valence-electron chi connectivity index (χ4n) is 2.00. The lowest BCUT2D eigenvalue weighted by molar-refractivity contribution is -0.121. The van der Waals surface area contributed by atoms with Crippen LogP contribution in [-0.2, 0) is 4.79 Å². The Morgan fingerprint density at radius 3 is 2.41 bits per heavy atom. The average molecular weight is 242 g/mol. The van der Waals surface area contributed by atoms with Crippen molar-refractivity contribution in [3.63, 3.8) is 0 Å². The number of hydrogen-bond donors (Lipinski definition) is 4. The molecule has 0 spiro atoms. The fraction of sp³-hybridized carbons (Fsp3) is 0.818. The van der Waals surface area contributed by atoms with Crippen LogP contribution in [0.15, 0.2) is 5.16 Å². The third-order valence-electron chi connectivity index (χ3n) is 3.31. The summed E-state index contributed by atoms with van der Waals surface area (Å²) in [7, 11) is 0. The molecule has 1 rings (SSSR count). The Kier molecular flexibility index (Phi) is 4.34. The zero-order valence-electron chi connectivity index (χ0n) is 10.4. The van der Waals surface area contributed by atoms with E-state index in [2.05, 4.69) is 10.5 Å². The van der Waals surface area contributed by atoms with Gasteiger partial charge >= 0.3 is 0 Å². The molecule has 17 heavy (non-hydrogen) atoms. The first-order valence-electron chi connectivity index (χ1n) is 5.89. The first kappa shape index (κ1) is 13.8. The fourth-order valence-corrected chi connectivity index (χ4v) is 2.00. The Bertz CT molecular complexity index is 311. The molecule has 0 saturated heterocycles. The van der Waals surface area contributed by atoms with Gasteiger partial charge in [-0.2, -0.15) is 0 Å². The van der Waals surface area contributed by atoms with Crippen molar-refractivity contribution < 1.29 is 10.0 Å². The van der Waals surface area contributed by atoms with Crippen molar-refractivity contribution in [2.45, 2.75) is 39.2 Å². The van der Waals surface area contributed by atoms with E-state index in [0.29, 0.717) is 13.0 Å². The summed E-state index contributed by atoms with van der Waals surface area (Å²) in [6.45, 7) is 4.58. The van der Waals surface area contributed by atoms with Crippen LogP contribution < -0.4 is 16.8 Å². The number of nitrogens with two attached hydrogens (primary N) is 2. The molecular weight excluding hydrogens is 220 g/mol. The number of nitrogens with zero attached hydrogens (tertiary/aromatic N) is 1. The van der Waals surface area contributed by atoms with E-state index in [9.17, 15) is 4.79 Å². The lowest BCUT2D eigenvalue weighted by Crippen LogP contribution is -2.47. The molecule has 0 aromatic rings. The van der Waals surface area contributed by atoms with E-state index in [1.807, 2.05) is 13.8 Å². The van der Waals surface area contributed by atoms with Crippen LogP contribution in [-0.4, -0.2) is 29.5 Å². The smallest absolute Gasteiger partial charge is 0.234 e. The average Bonchev–Trinajstić information content (AvgIpc) is 2.97. The van der Waals surface area contributed by atoms with Gasteiger partial charge in [-0.25, -0.2) is 0 Å². The number of amides is 1. The highest BCUT2D eigenvalue weighted by molar-refractivity contribution is 5.81. The highest BCUT2D eigenvalue weighted by Gasteiger charge is 2.43. The standard InChI is InChI=1S/C11H22N4O2/c1-7(2)9(10(13)16)14-6-11(3-4-11)5-8(12)15-17/h7,9,14,17H,3-6H2,1-2H3,(H2,12,15)(H2,13,16). The molecule has 6 nitrogen and oxygen atoms in total. The molecule has 1 fully saturated rings. The van der Waals surface area contributed by atoms with Crippen molar-refractivity contribution in [2.75, 3.05) is 6.54 Å². The Hall–Kier alpha value is -1.30. The molecular formula is C11H22N4O2. The Morgan fingerprint density at radius 1 is 1.47 bits per heavy atom. The molecule has 0 aliphatic heterocycles.